The van der Waals surface area contributed by atoms with Gasteiger partial charge in [-0.2, -0.15) is 0 Å². The third-order valence-electron chi connectivity index (χ3n) is 2.68. The number of nitrogens with zero attached hydrogens (tertiary/aromatic N) is 1. The number of thiazole rings is 1. The zero-order valence-electron chi connectivity index (χ0n) is 10.8. The number of anilines is 1. The third-order valence-corrected chi connectivity index (χ3v) is 4.02. The second-order valence-electron chi connectivity index (χ2n) is 4.02. The second-order valence-corrected chi connectivity index (χ2v) is 5.28. The van der Waals surface area contributed by atoms with Gasteiger partial charge < -0.3 is 10.1 Å². The lowest BCUT2D eigenvalue weighted by atomic mass is 10.2. The van der Waals surface area contributed by atoms with Gasteiger partial charge in [-0.15, -0.1) is 11.3 Å². The molecule has 2 rings (SSSR count). The highest BCUT2D eigenvalue weighted by Gasteiger charge is 2.15. The van der Waals surface area contributed by atoms with Crippen LogP contribution in [0.5, 0.6) is 5.75 Å². The van der Waals surface area contributed by atoms with Crippen LogP contribution < -0.4 is 10.1 Å². The molecule has 1 amide bonds. The summed E-state index contributed by atoms with van der Waals surface area (Å²) < 4.78 is 5.22. The molecule has 100 valence electrons. The third kappa shape index (κ3) is 2.88. The van der Waals surface area contributed by atoms with Gasteiger partial charge in [0.15, 0.2) is 0 Å². The Balaban J connectivity index is 2.31. The lowest BCUT2D eigenvalue weighted by Crippen LogP contribution is -2.12. The molecular formula is C13H13ClN2O2S. The molecule has 0 fully saturated rings. The first kappa shape index (κ1) is 13.8. The molecule has 1 aromatic carbocycles. The molecular weight excluding hydrogens is 284 g/mol. The number of aryl methyl sites for hydroxylation is 2. The van der Waals surface area contributed by atoms with Gasteiger partial charge in [-0.25, -0.2) is 4.98 Å². The van der Waals surface area contributed by atoms with Crippen LogP contribution in [0.2, 0.25) is 5.02 Å². The minimum atomic E-state index is -0.194. The van der Waals surface area contributed by atoms with E-state index in [0.717, 1.165) is 5.56 Å². The topological polar surface area (TPSA) is 51.2 Å². The Morgan fingerprint density at radius 3 is 2.74 bits per heavy atom. The highest BCUT2D eigenvalue weighted by molar-refractivity contribution is 7.12. The highest BCUT2D eigenvalue weighted by atomic mass is 35.5. The number of carbonyl (C=O) groups excluding carboxylic acids is 1. The van der Waals surface area contributed by atoms with E-state index in [0.29, 0.717) is 27.0 Å². The van der Waals surface area contributed by atoms with E-state index in [1.54, 1.807) is 24.6 Å². The van der Waals surface area contributed by atoms with Gasteiger partial charge in [-0.05, 0) is 25.5 Å². The minimum Gasteiger partial charge on any atom is -0.495 e. The van der Waals surface area contributed by atoms with Crippen LogP contribution in [0, 0.1) is 13.8 Å². The van der Waals surface area contributed by atoms with E-state index < -0.39 is 0 Å². The summed E-state index contributed by atoms with van der Waals surface area (Å²) in [6.45, 7) is 3.67. The largest absolute Gasteiger partial charge is 0.495 e. The zero-order valence-corrected chi connectivity index (χ0v) is 12.4. The molecule has 1 N–H and O–H groups in total. The smallest absolute Gasteiger partial charge is 0.267 e. The van der Waals surface area contributed by atoms with Gasteiger partial charge in [0.1, 0.15) is 10.6 Å². The van der Waals surface area contributed by atoms with E-state index in [1.807, 2.05) is 6.92 Å². The molecule has 2 aromatic rings. The molecule has 0 aliphatic heterocycles. The Hall–Kier alpha value is -1.59. The van der Waals surface area contributed by atoms with Crippen molar-refractivity contribution >= 4 is 34.5 Å². The van der Waals surface area contributed by atoms with Crippen LogP contribution in [0.25, 0.3) is 0 Å². The fourth-order valence-electron chi connectivity index (χ4n) is 1.63. The Morgan fingerprint density at radius 1 is 1.42 bits per heavy atom. The first-order valence-electron chi connectivity index (χ1n) is 5.58. The van der Waals surface area contributed by atoms with Crippen molar-refractivity contribution in [2.24, 2.45) is 0 Å². The zero-order chi connectivity index (χ0) is 14.0. The Labute approximate surface area is 120 Å². The van der Waals surface area contributed by atoms with Crippen LogP contribution >= 0.6 is 22.9 Å². The summed E-state index contributed by atoms with van der Waals surface area (Å²) >= 11 is 7.33. The van der Waals surface area contributed by atoms with E-state index in [1.165, 1.54) is 18.4 Å². The molecule has 0 saturated carbocycles. The number of ether oxygens (including phenoxy) is 1. The predicted octanol–water partition coefficient (Wildman–Crippen LogP) is 3.67. The molecule has 1 aromatic heterocycles. The quantitative estimate of drug-likeness (QED) is 0.940. The van der Waals surface area contributed by atoms with Crippen molar-refractivity contribution in [2.45, 2.75) is 13.8 Å². The average molecular weight is 297 g/mol. The number of carbonyl (C=O) groups is 1. The van der Waals surface area contributed by atoms with Gasteiger partial charge in [0.25, 0.3) is 5.91 Å². The molecule has 19 heavy (non-hydrogen) atoms. The van der Waals surface area contributed by atoms with Crippen molar-refractivity contribution in [3.8, 4) is 5.75 Å². The number of aromatic nitrogens is 1. The standard InChI is InChI=1S/C13H13ClN2O2S/c1-7-4-10(11(18-3)5-9(7)14)16-13(17)12-8(2)15-6-19-12/h4-6H,1-3H3,(H,16,17). The number of hydrogen-bond acceptors (Lipinski definition) is 4. The molecule has 1 heterocycles. The van der Waals surface area contributed by atoms with Gasteiger partial charge in [-0.3, -0.25) is 4.79 Å². The molecule has 0 bridgehead atoms. The lowest BCUT2D eigenvalue weighted by Gasteiger charge is -2.11. The SMILES string of the molecule is COc1cc(Cl)c(C)cc1NC(=O)c1scnc1C. The van der Waals surface area contributed by atoms with Gasteiger partial charge in [0.05, 0.1) is 24.0 Å². The summed E-state index contributed by atoms with van der Waals surface area (Å²) in [6.07, 6.45) is 0. The van der Waals surface area contributed by atoms with Crippen LogP contribution in [0.3, 0.4) is 0 Å². The minimum absolute atomic E-state index is 0.194. The predicted molar refractivity (Wildman–Crippen MR) is 77.5 cm³/mol. The molecule has 4 nitrogen and oxygen atoms in total. The molecule has 0 saturated heterocycles. The normalized spacial score (nSPS) is 10.3. The molecule has 6 heteroatoms. The maximum atomic E-state index is 12.1. The van der Waals surface area contributed by atoms with Gasteiger partial charge in [-0.1, -0.05) is 11.6 Å². The number of rotatable bonds is 3. The van der Waals surface area contributed by atoms with Crippen molar-refractivity contribution in [1.82, 2.24) is 4.98 Å². The Bertz CT molecular complexity index is 625. The summed E-state index contributed by atoms with van der Waals surface area (Å²) in [4.78, 5) is 16.8. The highest BCUT2D eigenvalue weighted by Crippen LogP contribution is 2.31. The van der Waals surface area contributed by atoms with Crippen molar-refractivity contribution in [3.63, 3.8) is 0 Å². The van der Waals surface area contributed by atoms with Gasteiger partial charge in [0.2, 0.25) is 0 Å². The molecule has 0 aliphatic carbocycles. The monoisotopic (exact) mass is 296 g/mol. The number of methoxy groups -OCH3 is 1. The van der Waals surface area contributed by atoms with E-state index >= 15 is 0 Å². The van der Waals surface area contributed by atoms with E-state index in [4.69, 9.17) is 16.3 Å². The Kier molecular flexibility index (Phi) is 4.07. The van der Waals surface area contributed by atoms with Crippen LogP contribution in [0.4, 0.5) is 5.69 Å². The molecule has 0 spiro atoms. The van der Waals surface area contributed by atoms with Crippen LogP contribution in [-0.2, 0) is 0 Å². The van der Waals surface area contributed by atoms with Crippen molar-refractivity contribution in [1.29, 1.82) is 0 Å². The van der Waals surface area contributed by atoms with Crippen molar-refractivity contribution in [3.05, 3.63) is 38.8 Å². The average Bonchev–Trinajstić information content (AvgIpc) is 2.79. The molecule has 0 aliphatic rings. The van der Waals surface area contributed by atoms with E-state index in [9.17, 15) is 4.79 Å². The number of hydrogen-bond donors (Lipinski definition) is 1. The van der Waals surface area contributed by atoms with Crippen molar-refractivity contribution < 1.29 is 9.53 Å². The maximum Gasteiger partial charge on any atom is 0.267 e. The lowest BCUT2D eigenvalue weighted by molar-refractivity contribution is 0.102. The summed E-state index contributed by atoms with van der Waals surface area (Å²) in [5, 5.41) is 3.42. The summed E-state index contributed by atoms with van der Waals surface area (Å²) in [5.74, 6) is 0.339. The van der Waals surface area contributed by atoms with Crippen LogP contribution in [0.1, 0.15) is 20.9 Å². The summed E-state index contributed by atoms with van der Waals surface area (Å²) in [7, 11) is 1.54. The Morgan fingerprint density at radius 2 is 2.16 bits per heavy atom. The fraction of sp³-hybridized carbons (Fsp3) is 0.231. The number of nitrogens with one attached hydrogen (secondary N) is 1. The van der Waals surface area contributed by atoms with Crippen LogP contribution in [0.15, 0.2) is 17.6 Å². The maximum absolute atomic E-state index is 12.1. The number of halogens is 1. The molecule has 0 atom stereocenters. The van der Waals surface area contributed by atoms with E-state index in [-0.39, 0.29) is 5.91 Å². The molecule has 0 radical (unpaired) electrons. The van der Waals surface area contributed by atoms with Gasteiger partial charge >= 0.3 is 0 Å². The van der Waals surface area contributed by atoms with Crippen molar-refractivity contribution in [2.75, 3.05) is 12.4 Å². The summed E-state index contributed by atoms with van der Waals surface area (Å²) in [6, 6.07) is 3.47. The van der Waals surface area contributed by atoms with E-state index in [2.05, 4.69) is 10.3 Å². The van der Waals surface area contributed by atoms with Crippen LogP contribution in [-0.4, -0.2) is 18.0 Å². The first-order valence-corrected chi connectivity index (χ1v) is 6.84. The first-order chi connectivity index (χ1) is 9.02. The number of amides is 1. The number of benzene rings is 1. The fourth-order valence-corrected chi connectivity index (χ4v) is 2.48. The van der Waals surface area contributed by atoms with Gasteiger partial charge in [0, 0.05) is 11.1 Å². The summed E-state index contributed by atoms with van der Waals surface area (Å²) in [5.41, 5.74) is 3.84. The second kappa shape index (κ2) is 5.59. The molecule has 0 unspecified atom stereocenters.